The van der Waals surface area contributed by atoms with E-state index in [9.17, 15) is 10.0 Å². The topological polar surface area (TPSA) is 59.6 Å². The summed E-state index contributed by atoms with van der Waals surface area (Å²) >= 11 is 3.27. The normalized spacial score (nSPS) is 10.0. The molecule has 1 aromatic carbocycles. The Morgan fingerprint density at radius 3 is 2.68 bits per heavy atom. The van der Waals surface area contributed by atoms with Crippen LogP contribution in [0.2, 0.25) is 0 Å². The number of halogens is 1. The molecule has 0 spiro atoms. The van der Waals surface area contributed by atoms with Gasteiger partial charge in [0.15, 0.2) is 17.2 Å². The fourth-order valence-electron chi connectivity index (χ4n) is 1.42. The first-order valence-corrected chi connectivity index (χ1v) is 6.44. The molecular formula is C12H10BrNO4P+. The van der Waals surface area contributed by atoms with E-state index in [2.05, 4.69) is 25.4 Å². The van der Waals surface area contributed by atoms with Gasteiger partial charge >= 0.3 is 0 Å². The lowest BCUT2D eigenvalue weighted by Crippen LogP contribution is -2.28. The number of nitrogens with zero attached hydrogens (tertiary/aromatic N) is 1. The highest BCUT2D eigenvalue weighted by atomic mass is 79.9. The van der Waals surface area contributed by atoms with Crippen molar-refractivity contribution in [3.8, 4) is 17.2 Å². The van der Waals surface area contributed by atoms with Gasteiger partial charge in [-0.25, -0.2) is 0 Å². The number of ether oxygens (including phenoxy) is 1. The van der Waals surface area contributed by atoms with Gasteiger partial charge in [0.25, 0.3) is 0 Å². The van der Waals surface area contributed by atoms with E-state index in [1.165, 1.54) is 12.4 Å². The lowest BCUT2D eigenvalue weighted by Gasteiger charge is -2.10. The number of aldehydes is 1. The maximum absolute atomic E-state index is 10.8. The van der Waals surface area contributed by atoms with E-state index in [0.717, 1.165) is 11.0 Å². The first kappa shape index (κ1) is 13.8. The highest BCUT2D eigenvalue weighted by Crippen LogP contribution is 2.35. The molecule has 1 heterocycles. The monoisotopic (exact) mass is 342 g/mol. The lowest BCUT2D eigenvalue weighted by atomic mass is 10.2. The zero-order chi connectivity index (χ0) is 13.8. The molecule has 2 rings (SSSR count). The van der Waals surface area contributed by atoms with Gasteiger partial charge in [-0.15, -0.1) is 0 Å². The molecule has 5 nitrogen and oxygen atoms in total. The van der Waals surface area contributed by atoms with Crippen LogP contribution in [0.15, 0.2) is 41.1 Å². The maximum atomic E-state index is 10.8. The van der Waals surface area contributed by atoms with Crippen molar-refractivity contribution in [2.75, 3.05) is 0 Å². The smallest absolute Gasteiger partial charge is 0.240 e. The van der Waals surface area contributed by atoms with Gasteiger partial charge in [-0.2, -0.15) is 0 Å². The average Bonchev–Trinajstić information content (AvgIpc) is 2.41. The van der Waals surface area contributed by atoms with Gasteiger partial charge in [-0.05, 0) is 34.1 Å². The second-order valence-corrected chi connectivity index (χ2v) is 4.67. The van der Waals surface area contributed by atoms with Gasteiger partial charge in [0.05, 0.1) is 15.5 Å². The summed E-state index contributed by atoms with van der Waals surface area (Å²) in [4.78, 5) is 10.8. The van der Waals surface area contributed by atoms with Crippen molar-refractivity contribution in [2.45, 2.75) is 0 Å². The second-order valence-electron chi connectivity index (χ2n) is 3.58. The molecule has 7 heteroatoms. The van der Waals surface area contributed by atoms with Crippen LogP contribution in [0.5, 0.6) is 17.2 Å². The summed E-state index contributed by atoms with van der Waals surface area (Å²) in [5, 5.41) is 9.24. The summed E-state index contributed by atoms with van der Waals surface area (Å²) in [6.07, 6.45) is 3.58. The summed E-state index contributed by atoms with van der Waals surface area (Å²) in [6.45, 7) is 0. The Bertz CT molecular complexity index is 621. The van der Waals surface area contributed by atoms with Crippen LogP contribution in [0.25, 0.3) is 0 Å². The van der Waals surface area contributed by atoms with Crippen molar-refractivity contribution in [3.63, 3.8) is 0 Å². The summed E-state index contributed by atoms with van der Waals surface area (Å²) in [6, 6.07) is 6.40. The Morgan fingerprint density at radius 1 is 1.26 bits per heavy atom. The van der Waals surface area contributed by atoms with Gasteiger partial charge < -0.3 is 9.26 Å². The minimum absolute atomic E-state index is 0.399. The SMILES string of the molecule is O=Cc1ccc(OP)c(Oc2cc[n+](O)cc2Br)c1. The third-order valence-electron chi connectivity index (χ3n) is 2.31. The Morgan fingerprint density at radius 2 is 2.05 bits per heavy atom. The number of hydrogen-bond donors (Lipinski definition) is 1. The van der Waals surface area contributed by atoms with Crippen LogP contribution < -0.4 is 14.0 Å². The molecule has 0 fully saturated rings. The Balaban J connectivity index is 2.38. The predicted molar refractivity (Wildman–Crippen MR) is 73.8 cm³/mol. The third kappa shape index (κ3) is 3.22. The lowest BCUT2D eigenvalue weighted by molar-refractivity contribution is -0.905. The minimum Gasteiger partial charge on any atom is -0.476 e. The second kappa shape index (κ2) is 5.99. The number of pyridine rings is 1. The molecule has 2 aromatic rings. The molecule has 0 radical (unpaired) electrons. The van der Waals surface area contributed by atoms with Crippen LogP contribution in [0, 0.1) is 0 Å². The molecule has 1 N–H and O–H groups in total. The Kier molecular flexibility index (Phi) is 4.35. The van der Waals surface area contributed by atoms with Crippen LogP contribution in [0.1, 0.15) is 10.4 Å². The van der Waals surface area contributed by atoms with E-state index in [-0.39, 0.29) is 0 Å². The van der Waals surface area contributed by atoms with Gasteiger partial charge in [0.2, 0.25) is 12.4 Å². The molecule has 0 aliphatic rings. The quantitative estimate of drug-likeness (QED) is 0.401. The molecule has 0 amide bonds. The molecule has 0 saturated carbocycles. The summed E-state index contributed by atoms with van der Waals surface area (Å²) < 4.78 is 12.2. The maximum Gasteiger partial charge on any atom is 0.240 e. The molecule has 1 unspecified atom stereocenters. The molecule has 0 aliphatic heterocycles. The van der Waals surface area contributed by atoms with Crippen molar-refractivity contribution in [1.82, 2.24) is 0 Å². The van der Waals surface area contributed by atoms with Gasteiger partial charge in [-0.3, -0.25) is 10.0 Å². The summed E-state index contributed by atoms with van der Waals surface area (Å²) in [5.41, 5.74) is 0.477. The molecule has 19 heavy (non-hydrogen) atoms. The number of hydrogen-bond acceptors (Lipinski definition) is 4. The van der Waals surface area contributed by atoms with Crippen molar-refractivity contribution in [3.05, 3.63) is 46.7 Å². The molecule has 0 saturated heterocycles. The summed E-state index contributed by atoms with van der Waals surface area (Å²) in [7, 11) is 2.12. The number of benzene rings is 1. The van der Waals surface area contributed by atoms with Crippen molar-refractivity contribution >= 4 is 31.7 Å². The first-order valence-electron chi connectivity index (χ1n) is 5.18. The fourth-order valence-corrected chi connectivity index (χ4v) is 2.04. The van der Waals surface area contributed by atoms with E-state index < -0.39 is 0 Å². The van der Waals surface area contributed by atoms with Crippen molar-refractivity contribution in [1.29, 1.82) is 0 Å². The fraction of sp³-hybridized carbons (Fsp3) is 0. The minimum atomic E-state index is 0.399. The number of carbonyl (C=O) groups is 1. The standard InChI is InChI=1S/C12H10BrNO4P/c13-9-6-14(16)4-3-10(9)17-12-5-8(7-15)1-2-11(12)18-19/h1-7,16H,19H2/q+1. The number of rotatable bonds is 4. The van der Waals surface area contributed by atoms with Gasteiger partial charge in [-0.1, -0.05) is 0 Å². The third-order valence-corrected chi connectivity index (χ3v) is 3.16. The number of carbonyl (C=O) groups excluding carboxylic acids is 1. The molecule has 0 bridgehead atoms. The van der Waals surface area contributed by atoms with Crippen LogP contribution in [0.4, 0.5) is 0 Å². The van der Waals surface area contributed by atoms with E-state index in [1.807, 2.05) is 0 Å². The first-order chi connectivity index (χ1) is 9.13. The van der Waals surface area contributed by atoms with Gasteiger partial charge in [0.1, 0.15) is 10.8 Å². The Hall–Kier alpha value is -1.65. The van der Waals surface area contributed by atoms with Crippen LogP contribution in [-0.2, 0) is 0 Å². The largest absolute Gasteiger partial charge is 0.476 e. The molecular weight excluding hydrogens is 333 g/mol. The van der Waals surface area contributed by atoms with Crippen LogP contribution in [0.3, 0.4) is 0 Å². The predicted octanol–water partition coefficient (Wildman–Crippen LogP) is 2.75. The van der Waals surface area contributed by atoms with Gasteiger partial charge in [0, 0.05) is 10.3 Å². The number of aromatic nitrogens is 1. The molecule has 98 valence electrons. The summed E-state index contributed by atoms with van der Waals surface area (Å²) in [5.74, 6) is 1.36. The van der Waals surface area contributed by atoms with Crippen LogP contribution in [-0.4, -0.2) is 11.5 Å². The molecule has 0 aliphatic carbocycles. The molecule has 1 atom stereocenters. The highest BCUT2D eigenvalue weighted by molar-refractivity contribution is 9.10. The van der Waals surface area contributed by atoms with Crippen LogP contribution >= 0.6 is 25.4 Å². The van der Waals surface area contributed by atoms with Crippen molar-refractivity contribution in [2.24, 2.45) is 0 Å². The van der Waals surface area contributed by atoms with E-state index in [4.69, 9.17) is 9.26 Å². The highest BCUT2D eigenvalue weighted by Gasteiger charge is 2.12. The zero-order valence-electron chi connectivity index (χ0n) is 9.62. The van der Waals surface area contributed by atoms with E-state index >= 15 is 0 Å². The van der Waals surface area contributed by atoms with E-state index in [0.29, 0.717) is 27.3 Å². The van der Waals surface area contributed by atoms with Crippen molar-refractivity contribution < 1.29 is 24.0 Å². The van der Waals surface area contributed by atoms with E-state index in [1.54, 1.807) is 24.3 Å². The molecule has 1 aromatic heterocycles. The average molecular weight is 343 g/mol. The Labute approximate surface area is 120 Å². The zero-order valence-corrected chi connectivity index (χ0v) is 12.4.